The van der Waals surface area contributed by atoms with Gasteiger partial charge in [-0.15, -0.1) is 0 Å². The van der Waals surface area contributed by atoms with Crippen molar-refractivity contribution < 1.29 is 0 Å². The third-order valence-electron chi connectivity index (χ3n) is 2.79. The fourth-order valence-corrected chi connectivity index (χ4v) is 2.57. The molecule has 16 heavy (non-hydrogen) atoms. The van der Waals surface area contributed by atoms with Gasteiger partial charge in [-0.05, 0) is 23.6 Å². The Kier molecular flexibility index (Phi) is 3.06. The van der Waals surface area contributed by atoms with Crippen LogP contribution in [0.25, 0.3) is 11.0 Å². The summed E-state index contributed by atoms with van der Waals surface area (Å²) in [6, 6.07) is 4.30. The Balaban J connectivity index is 2.61. The molecule has 0 bridgehead atoms. The maximum atomic E-state index is 4.59. The van der Waals surface area contributed by atoms with Crippen LogP contribution in [0.5, 0.6) is 0 Å². The lowest BCUT2D eigenvalue weighted by Gasteiger charge is -2.07. The molecule has 2 nitrogen and oxygen atoms in total. The maximum absolute atomic E-state index is 4.59. The molecule has 0 aliphatic carbocycles. The van der Waals surface area contributed by atoms with E-state index in [9.17, 15) is 0 Å². The Morgan fingerprint density at radius 3 is 2.38 bits per heavy atom. The number of nitrogens with zero attached hydrogens (tertiary/aromatic N) is 1. The minimum atomic E-state index is 0.439. The van der Waals surface area contributed by atoms with Crippen LogP contribution in [0.1, 0.15) is 50.9 Å². The summed E-state index contributed by atoms with van der Waals surface area (Å²) in [6.45, 7) is 8.70. The quantitative estimate of drug-likeness (QED) is 0.858. The summed E-state index contributed by atoms with van der Waals surface area (Å²) in [5.41, 5.74) is 3.50. The van der Waals surface area contributed by atoms with Crippen molar-refractivity contribution in [3.05, 3.63) is 28.0 Å². The van der Waals surface area contributed by atoms with Gasteiger partial charge in [-0.2, -0.15) is 0 Å². The molecule has 2 rings (SSSR count). The molecule has 0 spiro atoms. The highest BCUT2D eigenvalue weighted by Crippen LogP contribution is 2.29. The summed E-state index contributed by atoms with van der Waals surface area (Å²) in [4.78, 5) is 7.97. The number of rotatable bonds is 2. The van der Waals surface area contributed by atoms with E-state index >= 15 is 0 Å². The first kappa shape index (κ1) is 11.6. The van der Waals surface area contributed by atoms with Crippen LogP contribution in [0.4, 0.5) is 0 Å². The Bertz CT molecular complexity index is 512. The van der Waals surface area contributed by atoms with Crippen LogP contribution in [0, 0.1) is 0 Å². The van der Waals surface area contributed by atoms with E-state index in [2.05, 4.69) is 65.7 Å². The molecule has 0 saturated carbocycles. The van der Waals surface area contributed by atoms with Gasteiger partial charge in [0.25, 0.3) is 0 Å². The van der Waals surface area contributed by atoms with Crippen molar-refractivity contribution in [2.45, 2.75) is 39.5 Å². The smallest absolute Gasteiger partial charge is 0.109 e. The first-order chi connectivity index (χ1) is 7.49. The van der Waals surface area contributed by atoms with Crippen LogP contribution >= 0.6 is 15.9 Å². The van der Waals surface area contributed by atoms with Crippen molar-refractivity contribution >= 4 is 27.0 Å². The maximum Gasteiger partial charge on any atom is 0.109 e. The first-order valence-electron chi connectivity index (χ1n) is 5.68. The second kappa shape index (κ2) is 4.21. The Morgan fingerprint density at radius 1 is 1.12 bits per heavy atom. The van der Waals surface area contributed by atoms with Crippen LogP contribution < -0.4 is 0 Å². The summed E-state index contributed by atoms with van der Waals surface area (Å²) in [5, 5.41) is 0. The molecule has 0 unspecified atom stereocenters. The van der Waals surface area contributed by atoms with Crippen LogP contribution in [0.3, 0.4) is 0 Å². The molecule has 1 heterocycles. The van der Waals surface area contributed by atoms with Gasteiger partial charge in [0.1, 0.15) is 5.82 Å². The monoisotopic (exact) mass is 280 g/mol. The molecule has 86 valence electrons. The van der Waals surface area contributed by atoms with Crippen molar-refractivity contribution in [3.63, 3.8) is 0 Å². The predicted molar refractivity (Wildman–Crippen MR) is 72.0 cm³/mol. The number of nitrogens with one attached hydrogen (secondary N) is 1. The van der Waals surface area contributed by atoms with Gasteiger partial charge in [-0.25, -0.2) is 4.98 Å². The molecule has 0 amide bonds. The standard InChI is InChI=1S/C13H17BrN2/c1-7(2)9-5-11-12(6-10(9)14)16-13(15-11)8(3)4/h5-8H,1-4H3,(H,15,16). The number of aromatic nitrogens is 2. The highest BCUT2D eigenvalue weighted by molar-refractivity contribution is 9.10. The first-order valence-corrected chi connectivity index (χ1v) is 6.47. The van der Waals surface area contributed by atoms with E-state index in [1.807, 2.05) is 0 Å². The summed E-state index contributed by atoms with van der Waals surface area (Å²) in [5.74, 6) is 2.01. The normalized spacial score (nSPS) is 11.9. The molecule has 1 N–H and O–H groups in total. The number of H-pyrrole nitrogens is 1. The zero-order valence-electron chi connectivity index (χ0n) is 10.1. The minimum absolute atomic E-state index is 0.439. The number of fused-ring (bicyclic) bond motifs is 1. The van der Waals surface area contributed by atoms with E-state index in [4.69, 9.17) is 0 Å². The fraction of sp³-hybridized carbons (Fsp3) is 0.462. The molecule has 0 saturated heterocycles. The summed E-state index contributed by atoms with van der Waals surface area (Å²) >= 11 is 3.61. The van der Waals surface area contributed by atoms with Crippen molar-refractivity contribution in [1.29, 1.82) is 0 Å². The van der Waals surface area contributed by atoms with Gasteiger partial charge in [0, 0.05) is 10.4 Å². The van der Waals surface area contributed by atoms with Gasteiger partial charge in [0.15, 0.2) is 0 Å². The topological polar surface area (TPSA) is 28.7 Å². The van der Waals surface area contributed by atoms with Gasteiger partial charge >= 0.3 is 0 Å². The van der Waals surface area contributed by atoms with Crippen molar-refractivity contribution in [1.82, 2.24) is 9.97 Å². The molecule has 0 atom stereocenters. The SMILES string of the molecule is CC(C)c1nc2cc(Br)c(C(C)C)cc2[nH]1. The lowest BCUT2D eigenvalue weighted by Crippen LogP contribution is -1.89. The Hall–Kier alpha value is -0.830. The minimum Gasteiger partial charge on any atom is -0.342 e. The van der Waals surface area contributed by atoms with E-state index in [1.54, 1.807) is 0 Å². The van der Waals surface area contributed by atoms with Gasteiger partial charge < -0.3 is 4.98 Å². The van der Waals surface area contributed by atoms with Crippen LogP contribution in [-0.4, -0.2) is 9.97 Å². The Labute approximate surface area is 105 Å². The van der Waals surface area contributed by atoms with Crippen LogP contribution in [0.2, 0.25) is 0 Å². The van der Waals surface area contributed by atoms with Gasteiger partial charge in [-0.1, -0.05) is 43.6 Å². The van der Waals surface area contributed by atoms with Gasteiger partial charge in [0.2, 0.25) is 0 Å². The highest BCUT2D eigenvalue weighted by atomic mass is 79.9. The number of aromatic amines is 1. The van der Waals surface area contributed by atoms with Gasteiger partial charge in [0.05, 0.1) is 11.0 Å². The molecule has 3 heteroatoms. The molecule has 2 aromatic rings. The summed E-state index contributed by atoms with van der Waals surface area (Å²) in [6.07, 6.45) is 0. The van der Waals surface area contributed by atoms with Crippen molar-refractivity contribution in [2.24, 2.45) is 0 Å². The average molecular weight is 281 g/mol. The number of hydrogen-bond donors (Lipinski definition) is 1. The van der Waals surface area contributed by atoms with Gasteiger partial charge in [-0.3, -0.25) is 0 Å². The number of halogens is 1. The summed E-state index contributed by atoms with van der Waals surface area (Å²) in [7, 11) is 0. The third-order valence-corrected chi connectivity index (χ3v) is 3.47. The van der Waals surface area contributed by atoms with E-state index in [0.717, 1.165) is 21.3 Å². The number of hydrogen-bond acceptors (Lipinski definition) is 1. The molecule has 1 aromatic carbocycles. The molecule has 1 aromatic heterocycles. The lowest BCUT2D eigenvalue weighted by atomic mass is 10.0. The average Bonchev–Trinajstić information content (AvgIpc) is 2.58. The molecule has 0 aliphatic heterocycles. The lowest BCUT2D eigenvalue weighted by molar-refractivity contribution is 0.799. The van der Waals surface area contributed by atoms with Crippen molar-refractivity contribution in [2.75, 3.05) is 0 Å². The zero-order chi connectivity index (χ0) is 11.9. The Morgan fingerprint density at radius 2 is 1.81 bits per heavy atom. The number of benzene rings is 1. The molecular formula is C13H17BrN2. The highest BCUT2D eigenvalue weighted by Gasteiger charge is 2.11. The molecular weight excluding hydrogens is 264 g/mol. The van der Waals surface area contributed by atoms with E-state index in [1.165, 1.54) is 5.56 Å². The second-order valence-electron chi connectivity index (χ2n) is 4.82. The van der Waals surface area contributed by atoms with Crippen molar-refractivity contribution in [3.8, 4) is 0 Å². The van der Waals surface area contributed by atoms with E-state index in [-0.39, 0.29) is 0 Å². The predicted octanol–water partition coefficient (Wildman–Crippen LogP) is 4.57. The molecule has 0 radical (unpaired) electrons. The second-order valence-corrected chi connectivity index (χ2v) is 5.68. The zero-order valence-corrected chi connectivity index (χ0v) is 11.7. The van der Waals surface area contributed by atoms with Crippen LogP contribution in [-0.2, 0) is 0 Å². The fourth-order valence-electron chi connectivity index (χ4n) is 1.78. The van der Waals surface area contributed by atoms with E-state index < -0.39 is 0 Å². The molecule has 0 aliphatic rings. The summed E-state index contributed by atoms with van der Waals surface area (Å²) < 4.78 is 1.15. The van der Waals surface area contributed by atoms with E-state index in [0.29, 0.717) is 11.8 Å². The van der Waals surface area contributed by atoms with Crippen LogP contribution in [0.15, 0.2) is 16.6 Å². The largest absolute Gasteiger partial charge is 0.342 e. The number of imidazole rings is 1. The third kappa shape index (κ3) is 2.01. The molecule has 0 fully saturated rings.